The first-order valence-electron chi connectivity index (χ1n) is 5.85. The fraction of sp³-hybridized carbons (Fsp3) is 0.286. The maximum atomic E-state index is 11.4. The van der Waals surface area contributed by atoms with E-state index in [9.17, 15) is 4.79 Å². The minimum atomic E-state index is 0.0310. The summed E-state index contributed by atoms with van der Waals surface area (Å²) in [6, 6.07) is 7.47. The second kappa shape index (κ2) is 4.94. The van der Waals surface area contributed by atoms with Gasteiger partial charge in [0.05, 0.1) is 5.69 Å². The molecule has 0 bridgehead atoms. The third-order valence-corrected chi connectivity index (χ3v) is 3.14. The highest BCUT2D eigenvalue weighted by Gasteiger charge is 2.13. The zero-order valence-corrected chi connectivity index (χ0v) is 11.4. The van der Waals surface area contributed by atoms with Crippen molar-refractivity contribution in [3.63, 3.8) is 0 Å². The quantitative estimate of drug-likeness (QED) is 0.784. The predicted octanol–water partition coefficient (Wildman–Crippen LogP) is 3.99. The van der Waals surface area contributed by atoms with Crippen LogP contribution in [0.3, 0.4) is 0 Å². The molecular formula is C14H15ClN2O. The molecule has 0 unspecified atom stereocenters. The Balaban J connectivity index is 2.59. The van der Waals surface area contributed by atoms with E-state index in [4.69, 9.17) is 11.6 Å². The number of Topliss-reactive ketones (excluding diaryl/α,β-unsaturated/α-hetero) is 1. The summed E-state index contributed by atoms with van der Waals surface area (Å²) in [4.78, 5) is 11.4. The number of carbonyl (C=O) groups excluding carboxylic acids is 1. The van der Waals surface area contributed by atoms with E-state index in [0.29, 0.717) is 10.6 Å². The topological polar surface area (TPSA) is 34.9 Å². The van der Waals surface area contributed by atoms with E-state index >= 15 is 0 Å². The van der Waals surface area contributed by atoms with Gasteiger partial charge in [-0.05, 0) is 45.0 Å². The number of halogens is 1. The molecule has 0 N–H and O–H groups in total. The van der Waals surface area contributed by atoms with Crippen molar-refractivity contribution in [1.82, 2.24) is 9.78 Å². The molecule has 94 valence electrons. The average Bonchev–Trinajstić information content (AvgIpc) is 2.78. The molecule has 0 saturated carbocycles. The molecule has 0 aliphatic heterocycles. The van der Waals surface area contributed by atoms with Crippen molar-refractivity contribution in [2.75, 3.05) is 0 Å². The molecule has 1 heterocycles. The molecule has 4 heteroatoms. The van der Waals surface area contributed by atoms with Crippen LogP contribution in [-0.4, -0.2) is 15.6 Å². The van der Waals surface area contributed by atoms with Gasteiger partial charge in [0.2, 0.25) is 0 Å². The van der Waals surface area contributed by atoms with Crippen molar-refractivity contribution in [3.8, 4) is 11.3 Å². The molecule has 18 heavy (non-hydrogen) atoms. The molecule has 0 fully saturated rings. The number of ketones is 1. The summed E-state index contributed by atoms with van der Waals surface area (Å²) < 4.78 is 1.89. The van der Waals surface area contributed by atoms with Gasteiger partial charge >= 0.3 is 0 Å². The number of nitrogens with zero attached hydrogens (tertiary/aromatic N) is 2. The van der Waals surface area contributed by atoms with Gasteiger partial charge in [-0.25, -0.2) is 0 Å². The summed E-state index contributed by atoms with van der Waals surface area (Å²) in [7, 11) is 0. The number of rotatable bonds is 3. The standard InChI is InChI=1S/C14H15ClN2O/c1-9(2)17-14(6-7-16-17)12-8-11(10(3)18)4-5-13(12)15/h4-9H,1-3H3. The molecule has 0 amide bonds. The minimum Gasteiger partial charge on any atom is -0.295 e. The molecule has 0 spiro atoms. The van der Waals surface area contributed by atoms with Crippen molar-refractivity contribution in [2.45, 2.75) is 26.8 Å². The van der Waals surface area contributed by atoms with Gasteiger partial charge in [0, 0.05) is 28.4 Å². The van der Waals surface area contributed by atoms with Crippen LogP contribution in [0, 0.1) is 0 Å². The van der Waals surface area contributed by atoms with Crippen LogP contribution >= 0.6 is 11.6 Å². The lowest BCUT2D eigenvalue weighted by Gasteiger charge is -2.12. The molecular weight excluding hydrogens is 248 g/mol. The Hall–Kier alpha value is -1.61. The molecule has 3 nitrogen and oxygen atoms in total. The maximum absolute atomic E-state index is 11.4. The van der Waals surface area contributed by atoms with Crippen LogP contribution in [0.5, 0.6) is 0 Å². The Morgan fingerprint density at radius 2 is 2.06 bits per heavy atom. The lowest BCUT2D eigenvalue weighted by atomic mass is 10.1. The van der Waals surface area contributed by atoms with Gasteiger partial charge in [-0.1, -0.05) is 11.6 Å². The molecule has 1 aromatic carbocycles. The molecule has 2 rings (SSSR count). The van der Waals surface area contributed by atoms with Crippen LogP contribution in [-0.2, 0) is 0 Å². The van der Waals surface area contributed by atoms with Crippen LogP contribution in [0.25, 0.3) is 11.3 Å². The lowest BCUT2D eigenvalue weighted by Crippen LogP contribution is -2.05. The van der Waals surface area contributed by atoms with E-state index in [0.717, 1.165) is 11.3 Å². The van der Waals surface area contributed by atoms with E-state index in [1.54, 1.807) is 25.3 Å². The summed E-state index contributed by atoms with van der Waals surface area (Å²) in [5.41, 5.74) is 2.43. The van der Waals surface area contributed by atoms with Gasteiger partial charge in [0.15, 0.2) is 5.78 Å². The van der Waals surface area contributed by atoms with Crippen molar-refractivity contribution < 1.29 is 4.79 Å². The largest absolute Gasteiger partial charge is 0.295 e. The summed E-state index contributed by atoms with van der Waals surface area (Å²) in [5.74, 6) is 0.0310. The highest BCUT2D eigenvalue weighted by molar-refractivity contribution is 6.33. The predicted molar refractivity (Wildman–Crippen MR) is 73.1 cm³/mol. The summed E-state index contributed by atoms with van der Waals surface area (Å²) >= 11 is 6.22. The highest BCUT2D eigenvalue weighted by atomic mass is 35.5. The fourth-order valence-electron chi connectivity index (χ4n) is 1.88. The Morgan fingerprint density at radius 3 is 2.67 bits per heavy atom. The fourth-order valence-corrected chi connectivity index (χ4v) is 2.09. The monoisotopic (exact) mass is 262 g/mol. The molecule has 1 aromatic heterocycles. The van der Waals surface area contributed by atoms with Crippen molar-refractivity contribution >= 4 is 17.4 Å². The number of hydrogen-bond acceptors (Lipinski definition) is 2. The smallest absolute Gasteiger partial charge is 0.159 e. The SMILES string of the molecule is CC(=O)c1ccc(Cl)c(-c2ccnn2C(C)C)c1. The Labute approximate surface area is 111 Å². The Morgan fingerprint density at radius 1 is 1.33 bits per heavy atom. The molecule has 0 atom stereocenters. The molecule has 0 saturated heterocycles. The highest BCUT2D eigenvalue weighted by Crippen LogP contribution is 2.30. The summed E-state index contributed by atoms with van der Waals surface area (Å²) in [6.07, 6.45) is 1.74. The van der Waals surface area contributed by atoms with Gasteiger partial charge in [-0.15, -0.1) is 0 Å². The van der Waals surface area contributed by atoms with Crippen LogP contribution in [0.1, 0.15) is 37.2 Å². The minimum absolute atomic E-state index is 0.0310. The first-order chi connectivity index (χ1) is 8.50. The van der Waals surface area contributed by atoms with E-state index in [1.165, 1.54) is 0 Å². The third kappa shape index (κ3) is 2.31. The van der Waals surface area contributed by atoms with Crippen molar-refractivity contribution in [1.29, 1.82) is 0 Å². The van der Waals surface area contributed by atoms with E-state index in [1.807, 2.05) is 16.8 Å². The number of hydrogen-bond donors (Lipinski definition) is 0. The van der Waals surface area contributed by atoms with Gasteiger partial charge < -0.3 is 0 Å². The first kappa shape index (κ1) is 12.8. The van der Waals surface area contributed by atoms with Crippen LogP contribution in [0.2, 0.25) is 5.02 Å². The molecule has 2 aromatic rings. The van der Waals surface area contributed by atoms with Gasteiger partial charge in [0.1, 0.15) is 0 Å². The van der Waals surface area contributed by atoms with E-state index in [2.05, 4.69) is 18.9 Å². The number of aromatic nitrogens is 2. The molecule has 0 radical (unpaired) electrons. The maximum Gasteiger partial charge on any atom is 0.159 e. The third-order valence-electron chi connectivity index (χ3n) is 2.81. The lowest BCUT2D eigenvalue weighted by molar-refractivity contribution is 0.101. The van der Waals surface area contributed by atoms with Crippen LogP contribution in [0.4, 0.5) is 0 Å². The van der Waals surface area contributed by atoms with Crippen molar-refractivity contribution in [3.05, 3.63) is 41.0 Å². The summed E-state index contributed by atoms with van der Waals surface area (Å²) in [6.45, 7) is 5.66. The first-order valence-corrected chi connectivity index (χ1v) is 6.23. The Bertz CT molecular complexity index is 587. The zero-order chi connectivity index (χ0) is 13.3. The van der Waals surface area contributed by atoms with E-state index in [-0.39, 0.29) is 11.8 Å². The van der Waals surface area contributed by atoms with E-state index < -0.39 is 0 Å². The van der Waals surface area contributed by atoms with Gasteiger partial charge in [-0.2, -0.15) is 5.10 Å². The zero-order valence-electron chi connectivity index (χ0n) is 10.6. The molecule has 0 aliphatic carbocycles. The normalized spacial score (nSPS) is 10.9. The van der Waals surface area contributed by atoms with Crippen LogP contribution < -0.4 is 0 Å². The second-order valence-electron chi connectivity index (χ2n) is 4.51. The average molecular weight is 263 g/mol. The Kier molecular flexibility index (Phi) is 3.53. The number of carbonyl (C=O) groups is 1. The molecule has 0 aliphatic rings. The van der Waals surface area contributed by atoms with Gasteiger partial charge in [0.25, 0.3) is 0 Å². The summed E-state index contributed by atoms with van der Waals surface area (Å²) in [5, 5.41) is 4.91. The number of benzene rings is 1. The second-order valence-corrected chi connectivity index (χ2v) is 4.91. The van der Waals surface area contributed by atoms with Crippen LogP contribution in [0.15, 0.2) is 30.5 Å². The van der Waals surface area contributed by atoms with Gasteiger partial charge in [-0.3, -0.25) is 9.48 Å². The van der Waals surface area contributed by atoms with Crippen molar-refractivity contribution in [2.24, 2.45) is 0 Å².